The number of hydrogen-bond acceptors (Lipinski definition) is 2. The molecule has 2 nitrogen and oxygen atoms in total. The van der Waals surface area contributed by atoms with E-state index in [0.29, 0.717) is 5.69 Å². The van der Waals surface area contributed by atoms with Crippen molar-refractivity contribution in [1.29, 1.82) is 0 Å². The van der Waals surface area contributed by atoms with Crippen LogP contribution in [0.5, 0.6) is 0 Å². The Morgan fingerprint density at radius 3 is 2.70 bits per heavy atom. The summed E-state index contributed by atoms with van der Waals surface area (Å²) in [5.74, 6) is 0. The lowest BCUT2D eigenvalue weighted by molar-refractivity contribution is 1.48. The minimum Gasteiger partial charge on any atom is -0.145 e. The van der Waals surface area contributed by atoms with Gasteiger partial charge in [0, 0.05) is 4.47 Å². The Morgan fingerprint density at radius 1 is 1.50 bits per heavy atom. The number of nitrogens with zero attached hydrogens (tertiary/aromatic N) is 1. The fraction of sp³-hybridized carbons (Fsp3) is 0. The summed E-state index contributed by atoms with van der Waals surface area (Å²) in [4.78, 5) is 10.1. The van der Waals surface area contributed by atoms with Crippen molar-refractivity contribution in [3.05, 3.63) is 27.6 Å². The minimum absolute atomic E-state index is 0.436. The van der Waals surface area contributed by atoms with E-state index in [1.165, 1.54) is 0 Å². The van der Waals surface area contributed by atoms with Crippen LogP contribution >= 0.6 is 25.2 Å². The van der Waals surface area contributed by atoms with Gasteiger partial charge in [-0.2, -0.15) is 0 Å². The zero-order valence-corrected chi connectivity index (χ0v) is 7.78. The third-order valence-electron chi connectivity index (χ3n) is 1.07. The first kappa shape index (κ1) is 7.83. The zero-order chi connectivity index (χ0) is 7.56. The van der Waals surface area contributed by atoms with Crippen LogP contribution in [-0.2, 0) is 0 Å². The second-order valence-corrected chi connectivity index (χ2v) is 3.32. The van der Waals surface area contributed by atoms with Crippen LogP contribution in [0.25, 0.3) is 0 Å². The molecule has 0 saturated heterocycles. The highest BCUT2D eigenvalue weighted by atomic mass is 79.9. The average Bonchev–Trinajstić information content (AvgIpc) is 1.88. The maximum atomic E-state index is 10.1. The summed E-state index contributed by atoms with van der Waals surface area (Å²) in [7, 11) is 2.53. The second-order valence-electron chi connectivity index (χ2n) is 1.80. The van der Waals surface area contributed by atoms with Crippen molar-refractivity contribution in [2.45, 2.75) is 0 Å². The van der Waals surface area contributed by atoms with Gasteiger partial charge in [-0.15, -0.1) is 14.1 Å². The highest BCUT2D eigenvalue weighted by Crippen LogP contribution is 2.23. The van der Waals surface area contributed by atoms with E-state index in [1.54, 1.807) is 6.07 Å². The number of hydrogen-bond donors (Lipinski definition) is 0. The molecule has 0 aliphatic rings. The van der Waals surface area contributed by atoms with E-state index >= 15 is 0 Å². The van der Waals surface area contributed by atoms with Crippen LogP contribution in [0.15, 0.2) is 27.8 Å². The summed E-state index contributed by atoms with van der Waals surface area (Å²) in [6.07, 6.45) is 0. The summed E-state index contributed by atoms with van der Waals surface area (Å²) in [5.41, 5.74) is 0.436. The molecular weight excluding hydrogens is 213 g/mol. The van der Waals surface area contributed by atoms with Gasteiger partial charge < -0.3 is 0 Å². The third-order valence-corrected chi connectivity index (χ3v) is 2.06. The van der Waals surface area contributed by atoms with E-state index in [1.807, 2.05) is 12.1 Å². The molecule has 0 N–H and O–H groups in total. The number of halogens is 1. The Hall–Kier alpha value is -0.270. The maximum Gasteiger partial charge on any atom is 0.122 e. The van der Waals surface area contributed by atoms with Gasteiger partial charge in [0.05, 0.1) is 0 Å². The molecule has 4 heteroatoms. The van der Waals surface area contributed by atoms with Crippen molar-refractivity contribution in [3.63, 3.8) is 0 Å². The molecule has 1 unspecified atom stereocenters. The van der Waals surface area contributed by atoms with Crippen molar-refractivity contribution in [1.82, 2.24) is 0 Å². The van der Waals surface area contributed by atoms with Gasteiger partial charge in [-0.3, -0.25) is 0 Å². The molecule has 1 aromatic rings. The summed E-state index contributed by atoms with van der Waals surface area (Å²) < 4.78 is 0.731. The van der Waals surface area contributed by atoms with Crippen LogP contribution in [0.3, 0.4) is 0 Å². The van der Waals surface area contributed by atoms with Crippen molar-refractivity contribution >= 4 is 36.2 Å². The van der Waals surface area contributed by atoms with E-state index in [2.05, 4.69) is 30.3 Å². The monoisotopic (exact) mass is 217 g/mol. The van der Waals surface area contributed by atoms with Gasteiger partial charge in [-0.25, -0.2) is 0 Å². The first-order valence-corrected chi connectivity index (χ1v) is 3.99. The molecule has 0 bridgehead atoms. The van der Waals surface area contributed by atoms with Gasteiger partial charge >= 0.3 is 0 Å². The van der Waals surface area contributed by atoms with Crippen LogP contribution in [0, 0.1) is 4.91 Å². The summed E-state index contributed by atoms with van der Waals surface area (Å²) in [6, 6.07) is 5.30. The second kappa shape index (κ2) is 3.22. The molecule has 1 rings (SSSR count). The lowest BCUT2D eigenvalue weighted by Crippen LogP contribution is -1.86. The smallest absolute Gasteiger partial charge is 0.122 e. The van der Waals surface area contributed by atoms with Gasteiger partial charge in [0.15, 0.2) is 0 Å². The van der Waals surface area contributed by atoms with E-state index in [9.17, 15) is 4.91 Å². The molecule has 1 aromatic carbocycles. The fourth-order valence-electron chi connectivity index (χ4n) is 0.597. The molecule has 0 radical (unpaired) electrons. The molecule has 10 heavy (non-hydrogen) atoms. The molecule has 0 saturated carbocycles. The van der Waals surface area contributed by atoms with E-state index < -0.39 is 0 Å². The molecule has 0 spiro atoms. The zero-order valence-electron chi connectivity index (χ0n) is 5.04. The number of rotatable bonds is 1. The summed E-state index contributed by atoms with van der Waals surface area (Å²) in [5, 5.41) is 3.83. The summed E-state index contributed by atoms with van der Waals surface area (Å²) in [6.45, 7) is 0. The van der Waals surface area contributed by atoms with Crippen LogP contribution < -0.4 is 5.30 Å². The van der Waals surface area contributed by atoms with Crippen LogP contribution in [0.1, 0.15) is 0 Å². The molecular formula is C6H5BrNOP. The normalized spacial score (nSPS) is 9.40. The molecule has 0 heterocycles. The lowest BCUT2D eigenvalue weighted by Gasteiger charge is -1.94. The molecule has 0 amide bonds. The van der Waals surface area contributed by atoms with E-state index in [0.717, 1.165) is 9.78 Å². The van der Waals surface area contributed by atoms with Gasteiger partial charge in [-0.05, 0) is 38.5 Å². The van der Waals surface area contributed by atoms with Crippen LogP contribution in [0.2, 0.25) is 0 Å². The Bertz CT molecular complexity index is 264. The van der Waals surface area contributed by atoms with Crippen LogP contribution in [-0.4, -0.2) is 0 Å². The topological polar surface area (TPSA) is 29.4 Å². The first-order chi connectivity index (χ1) is 4.74. The minimum atomic E-state index is 0.436. The molecule has 0 fully saturated rings. The Balaban J connectivity index is 3.19. The van der Waals surface area contributed by atoms with Gasteiger partial charge in [0.1, 0.15) is 5.69 Å². The quantitative estimate of drug-likeness (QED) is 0.525. The maximum absolute atomic E-state index is 10.1. The van der Waals surface area contributed by atoms with Crippen molar-refractivity contribution < 1.29 is 0 Å². The molecule has 1 atom stereocenters. The molecule has 0 aliphatic heterocycles. The largest absolute Gasteiger partial charge is 0.145 e. The lowest BCUT2D eigenvalue weighted by atomic mass is 10.3. The SMILES string of the molecule is O=Nc1ccc(P)cc1Br. The van der Waals surface area contributed by atoms with Gasteiger partial charge in [0.2, 0.25) is 0 Å². The summed E-state index contributed by atoms with van der Waals surface area (Å²) >= 11 is 3.20. The Labute approximate surface area is 69.3 Å². The van der Waals surface area contributed by atoms with Gasteiger partial charge in [0.25, 0.3) is 0 Å². The Morgan fingerprint density at radius 2 is 2.20 bits per heavy atom. The van der Waals surface area contributed by atoms with Gasteiger partial charge in [-0.1, -0.05) is 6.07 Å². The third kappa shape index (κ3) is 1.61. The average molecular weight is 218 g/mol. The van der Waals surface area contributed by atoms with Crippen molar-refractivity contribution in [2.24, 2.45) is 5.18 Å². The highest BCUT2D eigenvalue weighted by molar-refractivity contribution is 9.10. The molecule has 52 valence electrons. The first-order valence-electron chi connectivity index (χ1n) is 2.62. The highest BCUT2D eigenvalue weighted by Gasteiger charge is 1.97. The molecule has 0 aliphatic carbocycles. The fourth-order valence-corrected chi connectivity index (χ4v) is 1.57. The van der Waals surface area contributed by atoms with Crippen LogP contribution in [0.4, 0.5) is 5.69 Å². The molecule has 0 aromatic heterocycles. The number of nitroso groups, excluding NO2 is 1. The predicted molar refractivity (Wildman–Crippen MR) is 48.9 cm³/mol. The van der Waals surface area contributed by atoms with E-state index in [-0.39, 0.29) is 0 Å². The van der Waals surface area contributed by atoms with Crippen molar-refractivity contribution in [3.8, 4) is 0 Å². The number of benzene rings is 1. The Kier molecular flexibility index (Phi) is 2.52. The predicted octanol–water partition coefficient (Wildman–Crippen LogP) is 2.35. The standard InChI is InChI=1S/C6H5BrNOP/c7-5-3-4(10)1-2-6(5)8-9/h1-3H,10H2. The van der Waals surface area contributed by atoms with E-state index in [4.69, 9.17) is 0 Å². The van der Waals surface area contributed by atoms with Crippen molar-refractivity contribution in [2.75, 3.05) is 0 Å².